The number of amides is 1. The van der Waals surface area contributed by atoms with Gasteiger partial charge in [-0.05, 0) is 25.5 Å². The van der Waals surface area contributed by atoms with E-state index in [1.807, 2.05) is 0 Å². The van der Waals surface area contributed by atoms with Gasteiger partial charge in [-0.3, -0.25) is 14.9 Å². The first-order valence-corrected chi connectivity index (χ1v) is 5.85. The molecule has 2 rings (SSSR count). The van der Waals surface area contributed by atoms with Gasteiger partial charge in [-0.25, -0.2) is 4.39 Å². The largest absolute Gasteiger partial charge is 0.376 e. The molecule has 2 atom stereocenters. The number of hydrogen-bond donors (Lipinski definition) is 1. The number of benzene rings is 1. The lowest BCUT2D eigenvalue weighted by atomic mass is 10.1. The number of hydrogen-bond acceptors (Lipinski definition) is 4. The third kappa shape index (κ3) is 2.87. The average Bonchev–Trinajstić information content (AvgIpc) is 2.74. The van der Waals surface area contributed by atoms with Gasteiger partial charge in [-0.2, -0.15) is 0 Å². The molecule has 0 bridgehead atoms. The van der Waals surface area contributed by atoms with Crippen molar-refractivity contribution in [2.24, 2.45) is 0 Å². The second kappa shape index (κ2) is 5.31. The highest BCUT2D eigenvalue weighted by Crippen LogP contribution is 2.21. The lowest BCUT2D eigenvalue weighted by molar-refractivity contribution is -0.385. The Morgan fingerprint density at radius 1 is 1.58 bits per heavy atom. The molecule has 7 heteroatoms. The minimum atomic E-state index is -0.705. The first kappa shape index (κ1) is 13.4. The molecule has 0 aliphatic carbocycles. The van der Waals surface area contributed by atoms with Gasteiger partial charge in [-0.1, -0.05) is 0 Å². The van der Waals surface area contributed by atoms with Crippen LogP contribution in [-0.2, 0) is 4.74 Å². The molecule has 0 aromatic heterocycles. The molecule has 1 aliphatic rings. The van der Waals surface area contributed by atoms with Gasteiger partial charge in [0.15, 0.2) is 0 Å². The van der Waals surface area contributed by atoms with Gasteiger partial charge in [0, 0.05) is 12.7 Å². The molecule has 1 heterocycles. The van der Waals surface area contributed by atoms with E-state index in [-0.39, 0.29) is 17.7 Å². The summed E-state index contributed by atoms with van der Waals surface area (Å²) in [6, 6.07) is 2.60. The van der Waals surface area contributed by atoms with Gasteiger partial charge in [0.2, 0.25) is 0 Å². The highest BCUT2D eigenvalue weighted by Gasteiger charge is 2.28. The van der Waals surface area contributed by atoms with Gasteiger partial charge in [0.1, 0.15) is 11.4 Å². The molecule has 1 amide bonds. The lowest BCUT2D eigenvalue weighted by Crippen LogP contribution is -2.39. The van der Waals surface area contributed by atoms with E-state index < -0.39 is 22.3 Å². The minimum Gasteiger partial charge on any atom is -0.376 e. The summed E-state index contributed by atoms with van der Waals surface area (Å²) >= 11 is 0. The van der Waals surface area contributed by atoms with E-state index in [9.17, 15) is 19.3 Å². The Morgan fingerprint density at radius 3 is 2.89 bits per heavy atom. The maximum atomic E-state index is 13.1. The van der Waals surface area contributed by atoms with Crippen LogP contribution in [0.5, 0.6) is 0 Å². The van der Waals surface area contributed by atoms with Crippen LogP contribution in [-0.4, -0.2) is 29.6 Å². The SMILES string of the molecule is CC1OCCC1NC(=O)c1cc(F)ccc1[N+](=O)[O-]. The first-order valence-electron chi connectivity index (χ1n) is 5.85. The van der Waals surface area contributed by atoms with Gasteiger partial charge in [0.05, 0.1) is 17.1 Å². The van der Waals surface area contributed by atoms with Crippen molar-refractivity contribution in [1.29, 1.82) is 0 Å². The number of carbonyl (C=O) groups is 1. The van der Waals surface area contributed by atoms with Crippen molar-refractivity contribution in [3.05, 3.63) is 39.7 Å². The van der Waals surface area contributed by atoms with Crippen molar-refractivity contribution >= 4 is 11.6 Å². The molecule has 0 radical (unpaired) electrons. The average molecular weight is 268 g/mol. The van der Waals surface area contributed by atoms with Gasteiger partial charge in [0.25, 0.3) is 11.6 Å². The molecule has 1 saturated heterocycles. The zero-order chi connectivity index (χ0) is 14.0. The van der Waals surface area contributed by atoms with Crippen molar-refractivity contribution in [3.63, 3.8) is 0 Å². The quantitative estimate of drug-likeness (QED) is 0.667. The summed E-state index contributed by atoms with van der Waals surface area (Å²) in [4.78, 5) is 22.1. The minimum absolute atomic E-state index is 0.156. The van der Waals surface area contributed by atoms with Crippen LogP contribution in [0, 0.1) is 15.9 Å². The third-order valence-electron chi connectivity index (χ3n) is 3.09. The highest BCUT2D eigenvalue weighted by molar-refractivity contribution is 5.98. The second-order valence-electron chi connectivity index (χ2n) is 4.36. The zero-order valence-corrected chi connectivity index (χ0v) is 10.3. The number of nitro groups is 1. The molecule has 0 spiro atoms. The molecule has 102 valence electrons. The number of halogens is 1. The normalized spacial score (nSPS) is 22.2. The fraction of sp³-hybridized carbons (Fsp3) is 0.417. The van der Waals surface area contributed by atoms with E-state index in [1.54, 1.807) is 6.92 Å². The Hall–Kier alpha value is -2.02. The van der Waals surface area contributed by atoms with Crippen molar-refractivity contribution in [1.82, 2.24) is 5.32 Å². The molecule has 1 N–H and O–H groups in total. The maximum absolute atomic E-state index is 13.1. The van der Waals surface area contributed by atoms with Crippen LogP contribution < -0.4 is 5.32 Å². The summed E-state index contributed by atoms with van der Waals surface area (Å²) in [5.41, 5.74) is -0.686. The predicted octanol–water partition coefficient (Wildman–Crippen LogP) is 1.64. The number of rotatable bonds is 3. The molecule has 19 heavy (non-hydrogen) atoms. The monoisotopic (exact) mass is 268 g/mol. The summed E-state index contributed by atoms with van der Waals surface area (Å²) in [7, 11) is 0. The molecule has 1 aromatic carbocycles. The summed E-state index contributed by atoms with van der Waals surface area (Å²) in [5.74, 6) is -1.35. The number of ether oxygens (including phenoxy) is 1. The second-order valence-corrected chi connectivity index (χ2v) is 4.36. The molecule has 1 aromatic rings. The van der Waals surface area contributed by atoms with E-state index in [0.717, 1.165) is 18.2 Å². The molecular weight excluding hydrogens is 255 g/mol. The topological polar surface area (TPSA) is 81.5 Å². The summed E-state index contributed by atoms with van der Waals surface area (Å²) in [6.07, 6.45) is 0.479. The van der Waals surface area contributed by atoms with Gasteiger partial charge in [-0.15, -0.1) is 0 Å². The number of carbonyl (C=O) groups excluding carboxylic acids is 1. The van der Waals surface area contributed by atoms with E-state index in [4.69, 9.17) is 4.74 Å². The van der Waals surface area contributed by atoms with Gasteiger partial charge < -0.3 is 10.1 Å². The van der Waals surface area contributed by atoms with Crippen LogP contribution in [0.2, 0.25) is 0 Å². The first-order chi connectivity index (χ1) is 8.99. The number of nitro benzene ring substituents is 1. The summed E-state index contributed by atoms with van der Waals surface area (Å²) < 4.78 is 18.4. The van der Waals surface area contributed by atoms with Crippen molar-refractivity contribution < 1.29 is 18.8 Å². The van der Waals surface area contributed by atoms with Crippen LogP contribution in [0.3, 0.4) is 0 Å². The fourth-order valence-electron chi connectivity index (χ4n) is 2.02. The van der Waals surface area contributed by atoms with Crippen LogP contribution in [0.25, 0.3) is 0 Å². The fourth-order valence-corrected chi connectivity index (χ4v) is 2.02. The van der Waals surface area contributed by atoms with E-state index in [1.165, 1.54) is 0 Å². The predicted molar refractivity (Wildman–Crippen MR) is 64.3 cm³/mol. The van der Waals surface area contributed by atoms with Crippen LogP contribution >= 0.6 is 0 Å². The van der Waals surface area contributed by atoms with E-state index in [0.29, 0.717) is 13.0 Å². The highest BCUT2D eigenvalue weighted by atomic mass is 19.1. The Labute approximate surface area is 108 Å². The zero-order valence-electron chi connectivity index (χ0n) is 10.3. The molecule has 2 unspecified atom stereocenters. The molecule has 6 nitrogen and oxygen atoms in total. The van der Waals surface area contributed by atoms with Crippen LogP contribution in [0.15, 0.2) is 18.2 Å². The van der Waals surface area contributed by atoms with E-state index in [2.05, 4.69) is 5.32 Å². The van der Waals surface area contributed by atoms with Crippen LogP contribution in [0.4, 0.5) is 10.1 Å². The molecule has 1 aliphatic heterocycles. The molecule has 0 saturated carbocycles. The molecule has 1 fully saturated rings. The third-order valence-corrected chi connectivity index (χ3v) is 3.09. The number of nitrogens with one attached hydrogen (secondary N) is 1. The van der Waals surface area contributed by atoms with Crippen molar-refractivity contribution in [2.45, 2.75) is 25.5 Å². The van der Waals surface area contributed by atoms with E-state index >= 15 is 0 Å². The Bertz CT molecular complexity index is 520. The number of nitrogens with zero attached hydrogens (tertiary/aromatic N) is 1. The summed E-state index contributed by atoms with van der Waals surface area (Å²) in [6.45, 7) is 2.33. The van der Waals surface area contributed by atoms with Crippen molar-refractivity contribution in [2.75, 3.05) is 6.61 Å². The lowest BCUT2D eigenvalue weighted by Gasteiger charge is -2.15. The van der Waals surface area contributed by atoms with Crippen molar-refractivity contribution in [3.8, 4) is 0 Å². The Morgan fingerprint density at radius 2 is 2.32 bits per heavy atom. The van der Waals surface area contributed by atoms with Gasteiger partial charge >= 0.3 is 0 Å². The Balaban J connectivity index is 2.22. The smallest absolute Gasteiger partial charge is 0.282 e. The standard InChI is InChI=1S/C12H13FN2O4/c1-7-10(4-5-19-7)14-12(16)9-6-8(13)2-3-11(9)15(17)18/h2-3,6-7,10H,4-5H2,1H3,(H,14,16). The Kier molecular flexibility index (Phi) is 3.75. The summed E-state index contributed by atoms with van der Waals surface area (Å²) in [5, 5.41) is 13.4. The van der Waals surface area contributed by atoms with Crippen LogP contribution in [0.1, 0.15) is 23.7 Å². The molecular formula is C12H13FN2O4. The maximum Gasteiger partial charge on any atom is 0.282 e.